The van der Waals surface area contributed by atoms with Crippen LogP contribution in [0, 0.1) is 0 Å². The van der Waals surface area contributed by atoms with Gasteiger partial charge in [0.25, 0.3) is 5.89 Å². The molecule has 0 bridgehead atoms. The molecule has 0 saturated carbocycles. The van der Waals surface area contributed by atoms with E-state index in [0.717, 1.165) is 12.0 Å². The van der Waals surface area contributed by atoms with E-state index in [-0.39, 0.29) is 12.5 Å². The van der Waals surface area contributed by atoms with Crippen LogP contribution in [0.15, 0.2) is 47.0 Å². The van der Waals surface area contributed by atoms with Crippen molar-refractivity contribution in [2.45, 2.75) is 26.9 Å². The summed E-state index contributed by atoms with van der Waals surface area (Å²) in [5.41, 5.74) is 1.40. The van der Waals surface area contributed by atoms with Gasteiger partial charge in [-0.3, -0.25) is 0 Å². The monoisotopic (exact) mass is 468 g/mol. The van der Waals surface area contributed by atoms with Crippen LogP contribution in [0.5, 0.6) is 23.0 Å². The second kappa shape index (κ2) is 12.3. The Morgan fingerprint density at radius 1 is 1.00 bits per heavy atom. The maximum Gasteiger partial charge on any atom is 0.331 e. The van der Waals surface area contributed by atoms with Crippen molar-refractivity contribution in [2.24, 2.45) is 0 Å². The van der Waals surface area contributed by atoms with Crippen LogP contribution in [-0.4, -0.2) is 43.5 Å². The third-order valence-electron chi connectivity index (χ3n) is 4.60. The second-order valence-electron chi connectivity index (χ2n) is 7.01. The van der Waals surface area contributed by atoms with Gasteiger partial charge in [-0.25, -0.2) is 4.79 Å². The van der Waals surface area contributed by atoms with Gasteiger partial charge in [-0.05, 0) is 49.2 Å². The Balaban J connectivity index is 1.61. The molecule has 34 heavy (non-hydrogen) atoms. The minimum atomic E-state index is -0.550. The maximum atomic E-state index is 12.2. The fraction of sp³-hybridized carbons (Fsp3) is 0.320. The lowest BCUT2D eigenvalue weighted by molar-refractivity contribution is -0.139. The molecule has 0 unspecified atom stereocenters. The number of carbonyl (C=O) groups is 1. The van der Waals surface area contributed by atoms with Gasteiger partial charge in [0.2, 0.25) is 5.82 Å². The Bertz CT molecular complexity index is 1120. The lowest BCUT2D eigenvalue weighted by Gasteiger charge is -2.11. The van der Waals surface area contributed by atoms with Crippen molar-refractivity contribution < 1.29 is 33.0 Å². The summed E-state index contributed by atoms with van der Waals surface area (Å²) in [6.45, 7) is 4.88. The number of nitrogens with zero attached hydrogens (tertiary/aromatic N) is 2. The zero-order chi connectivity index (χ0) is 24.3. The number of rotatable bonds is 12. The average Bonchev–Trinajstić information content (AvgIpc) is 3.34. The lowest BCUT2D eigenvalue weighted by Crippen LogP contribution is -2.01. The average molecular weight is 469 g/mol. The fourth-order valence-electron chi connectivity index (χ4n) is 2.98. The lowest BCUT2D eigenvalue weighted by atomic mass is 10.2. The number of hydrogen-bond acceptors (Lipinski definition) is 9. The molecular weight excluding hydrogens is 440 g/mol. The number of esters is 1. The van der Waals surface area contributed by atoms with E-state index in [1.165, 1.54) is 13.2 Å². The molecule has 0 radical (unpaired) electrons. The van der Waals surface area contributed by atoms with Crippen LogP contribution in [0.4, 0.5) is 0 Å². The highest BCUT2D eigenvalue weighted by atomic mass is 16.6. The van der Waals surface area contributed by atoms with Crippen molar-refractivity contribution in [3.8, 4) is 34.4 Å². The molecular formula is C25H28N2O7. The normalized spacial score (nSPS) is 10.8. The molecule has 0 amide bonds. The topological polar surface area (TPSA) is 102 Å². The number of benzene rings is 2. The summed E-state index contributed by atoms with van der Waals surface area (Å²) < 4.78 is 32.3. The van der Waals surface area contributed by atoms with Gasteiger partial charge >= 0.3 is 5.97 Å². The van der Waals surface area contributed by atoms with Gasteiger partial charge in [-0.15, -0.1) is 0 Å². The van der Waals surface area contributed by atoms with Crippen LogP contribution < -0.4 is 18.9 Å². The van der Waals surface area contributed by atoms with E-state index in [9.17, 15) is 4.79 Å². The molecule has 0 aliphatic heterocycles. The summed E-state index contributed by atoms with van der Waals surface area (Å²) >= 11 is 0. The van der Waals surface area contributed by atoms with Crippen molar-refractivity contribution in [3.05, 3.63) is 53.9 Å². The van der Waals surface area contributed by atoms with Crippen molar-refractivity contribution in [2.75, 3.05) is 27.4 Å². The van der Waals surface area contributed by atoms with Gasteiger partial charge in [0.05, 0.1) is 33.0 Å². The highest BCUT2D eigenvalue weighted by molar-refractivity contribution is 5.87. The quantitative estimate of drug-likeness (QED) is 0.276. The standard InChI is InChI=1S/C25H28N2O7/c1-5-13-32-20-11-7-17(14-22(20)31-6-2)8-12-24(28)33-16-23-26-25(27-34-23)19-10-9-18(29-3)15-21(19)30-4/h7-12,14-15H,5-6,13,16H2,1-4H3/b12-8+. The highest BCUT2D eigenvalue weighted by Gasteiger charge is 2.15. The molecule has 180 valence electrons. The Kier molecular flexibility index (Phi) is 8.90. The predicted molar refractivity (Wildman–Crippen MR) is 125 cm³/mol. The Morgan fingerprint density at radius 2 is 1.85 bits per heavy atom. The maximum absolute atomic E-state index is 12.2. The van der Waals surface area contributed by atoms with Gasteiger partial charge in [0, 0.05) is 12.1 Å². The molecule has 0 saturated heterocycles. The number of methoxy groups -OCH3 is 2. The summed E-state index contributed by atoms with van der Waals surface area (Å²) in [7, 11) is 3.11. The van der Waals surface area contributed by atoms with E-state index in [0.29, 0.717) is 47.6 Å². The first kappa shape index (κ1) is 24.6. The number of ether oxygens (including phenoxy) is 5. The summed E-state index contributed by atoms with van der Waals surface area (Å²) in [4.78, 5) is 16.4. The molecule has 1 heterocycles. The minimum absolute atomic E-state index is 0.158. The van der Waals surface area contributed by atoms with E-state index >= 15 is 0 Å². The Morgan fingerprint density at radius 3 is 2.59 bits per heavy atom. The number of carbonyl (C=O) groups excluding carboxylic acids is 1. The van der Waals surface area contributed by atoms with E-state index in [2.05, 4.69) is 10.1 Å². The van der Waals surface area contributed by atoms with Crippen molar-refractivity contribution in [3.63, 3.8) is 0 Å². The van der Waals surface area contributed by atoms with Crippen LogP contribution in [0.25, 0.3) is 17.5 Å². The molecule has 3 aromatic rings. The third kappa shape index (κ3) is 6.50. The number of hydrogen-bond donors (Lipinski definition) is 0. The third-order valence-corrected chi connectivity index (χ3v) is 4.60. The van der Waals surface area contributed by atoms with E-state index in [1.807, 2.05) is 32.0 Å². The minimum Gasteiger partial charge on any atom is -0.497 e. The molecule has 0 N–H and O–H groups in total. The highest BCUT2D eigenvalue weighted by Crippen LogP contribution is 2.32. The molecule has 1 aromatic heterocycles. The van der Waals surface area contributed by atoms with Crippen LogP contribution in [0.3, 0.4) is 0 Å². The van der Waals surface area contributed by atoms with Crippen LogP contribution in [0.1, 0.15) is 31.7 Å². The van der Waals surface area contributed by atoms with E-state index in [1.54, 1.807) is 31.4 Å². The van der Waals surface area contributed by atoms with Gasteiger partial charge < -0.3 is 28.2 Å². The van der Waals surface area contributed by atoms with Gasteiger partial charge in [-0.2, -0.15) is 4.98 Å². The zero-order valence-electron chi connectivity index (χ0n) is 19.7. The summed E-state index contributed by atoms with van der Waals surface area (Å²) in [5, 5.41) is 3.94. The van der Waals surface area contributed by atoms with Gasteiger partial charge in [-0.1, -0.05) is 18.1 Å². The predicted octanol–water partition coefficient (Wildman–Crippen LogP) is 4.70. The summed E-state index contributed by atoms with van der Waals surface area (Å²) in [6, 6.07) is 10.7. The number of aromatic nitrogens is 2. The molecule has 3 rings (SSSR count). The first-order valence-corrected chi connectivity index (χ1v) is 10.9. The molecule has 0 spiro atoms. The van der Waals surface area contributed by atoms with Crippen molar-refractivity contribution in [1.82, 2.24) is 10.1 Å². The zero-order valence-corrected chi connectivity index (χ0v) is 19.7. The summed E-state index contributed by atoms with van der Waals surface area (Å²) in [5.74, 6) is 2.39. The van der Waals surface area contributed by atoms with Gasteiger partial charge in [0.1, 0.15) is 11.5 Å². The molecule has 2 aromatic carbocycles. The first-order valence-electron chi connectivity index (χ1n) is 10.9. The van der Waals surface area contributed by atoms with Crippen molar-refractivity contribution >= 4 is 12.0 Å². The first-order chi connectivity index (χ1) is 16.6. The smallest absolute Gasteiger partial charge is 0.331 e. The van der Waals surface area contributed by atoms with E-state index in [4.69, 9.17) is 28.2 Å². The Labute approximate surface area is 198 Å². The van der Waals surface area contributed by atoms with Crippen LogP contribution in [0.2, 0.25) is 0 Å². The van der Waals surface area contributed by atoms with Gasteiger partial charge in [0.15, 0.2) is 18.1 Å². The molecule has 0 atom stereocenters. The molecule has 9 heteroatoms. The van der Waals surface area contributed by atoms with Crippen molar-refractivity contribution in [1.29, 1.82) is 0 Å². The molecule has 0 fully saturated rings. The fourth-order valence-corrected chi connectivity index (χ4v) is 2.98. The second-order valence-corrected chi connectivity index (χ2v) is 7.01. The van der Waals surface area contributed by atoms with E-state index < -0.39 is 5.97 Å². The Hall–Kier alpha value is -4.01. The summed E-state index contributed by atoms with van der Waals surface area (Å²) in [6.07, 6.45) is 3.85. The van der Waals surface area contributed by atoms with Crippen LogP contribution in [-0.2, 0) is 16.1 Å². The molecule has 0 aliphatic rings. The largest absolute Gasteiger partial charge is 0.497 e. The SMILES string of the molecule is CCCOc1ccc(/C=C/C(=O)OCc2nc(-c3ccc(OC)cc3OC)no2)cc1OCC. The van der Waals surface area contributed by atoms with Crippen LogP contribution >= 0.6 is 0 Å². The molecule has 9 nitrogen and oxygen atoms in total. The molecule has 0 aliphatic carbocycles.